The van der Waals surface area contributed by atoms with Gasteiger partial charge in [-0.1, -0.05) is 25.1 Å². The summed E-state index contributed by atoms with van der Waals surface area (Å²) in [5, 5.41) is 4.04. The maximum Gasteiger partial charge on any atom is 0.266 e. The van der Waals surface area contributed by atoms with Crippen molar-refractivity contribution in [3.8, 4) is 11.5 Å². The monoisotopic (exact) mass is 286 g/mol. The van der Waals surface area contributed by atoms with E-state index in [9.17, 15) is 4.79 Å². The van der Waals surface area contributed by atoms with Crippen molar-refractivity contribution >= 4 is 11.9 Å². The molecule has 6 nitrogen and oxygen atoms in total. The number of hydrogen-bond donors (Lipinski definition) is 0. The van der Waals surface area contributed by atoms with Crippen molar-refractivity contribution in [1.82, 2.24) is 15.0 Å². The lowest BCUT2D eigenvalue weighted by Crippen LogP contribution is -2.48. The molecule has 0 atom stereocenters. The van der Waals surface area contributed by atoms with E-state index in [0.29, 0.717) is 31.3 Å². The first-order valence-corrected chi connectivity index (χ1v) is 7.20. The molecule has 6 heteroatoms. The maximum absolute atomic E-state index is 11.7. The number of nitrogens with zero attached hydrogens (tertiary/aromatic N) is 4. The lowest BCUT2D eigenvalue weighted by atomic mass is 10.2. The Balaban J connectivity index is 1.67. The van der Waals surface area contributed by atoms with Crippen LogP contribution < -0.4 is 4.90 Å². The van der Waals surface area contributed by atoms with E-state index in [1.54, 1.807) is 0 Å². The first-order valence-electron chi connectivity index (χ1n) is 7.20. The van der Waals surface area contributed by atoms with Gasteiger partial charge in [-0.25, -0.2) is 0 Å². The van der Waals surface area contributed by atoms with Crippen molar-refractivity contribution < 1.29 is 9.32 Å². The van der Waals surface area contributed by atoms with Crippen LogP contribution in [0, 0.1) is 0 Å². The third kappa shape index (κ3) is 2.89. The van der Waals surface area contributed by atoms with Crippen molar-refractivity contribution in [2.24, 2.45) is 0 Å². The molecule has 1 aliphatic rings. The third-order valence-corrected chi connectivity index (χ3v) is 3.65. The Hall–Kier alpha value is -2.37. The molecule has 0 aliphatic carbocycles. The molecule has 1 aromatic carbocycles. The molecule has 1 amide bonds. The number of aromatic nitrogens is 2. The highest BCUT2D eigenvalue weighted by Gasteiger charge is 2.23. The van der Waals surface area contributed by atoms with E-state index in [1.807, 2.05) is 42.2 Å². The zero-order valence-corrected chi connectivity index (χ0v) is 12.0. The van der Waals surface area contributed by atoms with Crippen LogP contribution >= 0.6 is 0 Å². The molecule has 0 spiro atoms. The molecule has 1 aromatic heterocycles. The van der Waals surface area contributed by atoms with Crippen LogP contribution in [0.5, 0.6) is 0 Å². The van der Waals surface area contributed by atoms with Crippen molar-refractivity contribution in [2.75, 3.05) is 31.1 Å². The fraction of sp³-hybridized carbons (Fsp3) is 0.400. The fourth-order valence-electron chi connectivity index (χ4n) is 2.42. The minimum absolute atomic E-state index is 0.202. The van der Waals surface area contributed by atoms with E-state index >= 15 is 0 Å². The SMILES string of the molecule is CCC(=O)N1CCN(c2noc(-c3ccccc3)n2)CC1. The van der Waals surface area contributed by atoms with Crippen LogP contribution in [0.2, 0.25) is 0 Å². The second-order valence-corrected chi connectivity index (χ2v) is 4.99. The van der Waals surface area contributed by atoms with Gasteiger partial charge in [-0.05, 0) is 17.3 Å². The number of rotatable bonds is 3. The smallest absolute Gasteiger partial charge is 0.266 e. The van der Waals surface area contributed by atoms with E-state index in [-0.39, 0.29) is 5.91 Å². The highest BCUT2D eigenvalue weighted by Crippen LogP contribution is 2.20. The van der Waals surface area contributed by atoms with Crippen molar-refractivity contribution in [3.63, 3.8) is 0 Å². The van der Waals surface area contributed by atoms with Crippen LogP contribution in [0.3, 0.4) is 0 Å². The Morgan fingerprint density at radius 3 is 2.57 bits per heavy atom. The predicted molar refractivity (Wildman–Crippen MR) is 78.8 cm³/mol. The van der Waals surface area contributed by atoms with Gasteiger partial charge in [0.15, 0.2) is 0 Å². The van der Waals surface area contributed by atoms with E-state index < -0.39 is 0 Å². The number of carbonyl (C=O) groups excluding carboxylic acids is 1. The summed E-state index contributed by atoms with van der Waals surface area (Å²) >= 11 is 0. The standard InChI is InChI=1S/C15H18N4O2/c1-2-13(20)18-8-10-19(11-9-18)15-16-14(21-17-15)12-6-4-3-5-7-12/h3-7H,2,8-11H2,1H3. The number of benzene rings is 1. The molecule has 3 rings (SSSR count). The summed E-state index contributed by atoms with van der Waals surface area (Å²) in [6.07, 6.45) is 0.556. The number of amides is 1. The predicted octanol–water partition coefficient (Wildman–Crippen LogP) is 1.80. The number of hydrogen-bond acceptors (Lipinski definition) is 5. The Labute approximate surface area is 123 Å². The highest BCUT2D eigenvalue weighted by molar-refractivity contribution is 5.76. The van der Waals surface area contributed by atoms with Gasteiger partial charge >= 0.3 is 0 Å². The molecule has 0 radical (unpaired) electrons. The van der Waals surface area contributed by atoms with Gasteiger partial charge in [0.2, 0.25) is 5.91 Å². The number of piperazine rings is 1. The Kier molecular flexibility index (Phi) is 3.85. The average molecular weight is 286 g/mol. The summed E-state index contributed by atoms with van der Waals surface area (Å²) in [7, 11) is 0. The number of carbonyl (C=O) groups is 1. The molecule has 1 fully saturated rings. The third-order valence-electron chi connectivity index (χ3n) is 3.65. The van der Waals surface area contributed by atoms with E-state index in [0.717, 1.165) is 18.7 Å². The van der Waals surface area contributed by atoms with Crippen LogP contribution in [0.15, 0.2) is 34.9 Å². The molecule has 110 valence electrons. The number of anilines is 1. The molecule has 0 bridgehead atoms. The van der Waals surface area contributed by atoms with Crippen LogP contribution in [-0.2, 0) is 4.79 Å². The van der Waals surface area contributed by atoms with Gasteiger partial charge in [0.05, 0.1) is 0 Å². The summed E-state index contributed by atoms with van der Waals surface area (Å²) < 4.78 is 5.32. The fourth-order valence-corrected chi connectivity index (χ4v) is 2.42. The lowest BCUT2D eigenvalue weighted by molar-refractivity contribution is -0.131. The zero-order chi connectivity index (χ0) is 14.7. The molecular weight excluding hydrogens is 268 g/mol. The van der Waals surface area contributed by atoms with Crippen molar-refractivity contribution in [1.29, 1.82) is 0 Å². The van der Waals surface area contributed by atoms with Crippen LogP contribution in [0.1, 0.15) is 13.3 Å². The minimum Gasteiger partial charge on any atom is -0.339 e. The van der Waals surface area contributed by atoms with Crippen LogP contribution in [0.4, 0.5) is 5.95 Å². The van der Waals surface area contributed by atoms with Gasteiger partial charge in [-0.15, -0.1) is 0 Å². The molecule has 0 saturated carbocycles. The summed E-state index contributed by atoms with van der Waals surface area (Å²) in [5.74, 6) is 1.32. The quantitative estimate of drug-likeness (QED) is 0.861. The van der Waals surface area contributed by atoms with E-state index in [1.165, 1.54) is 0 Å². The average Bonchev–Trinajstić information content (AvgIpc) is 3.05. The largest absolute Gasteiger partial charge is 0.339 e. The Bertz CT molecular complexity index is 603. The normalized spacial score (nSPS) is 15.3. The Morgan fingerprint density at radius 2 is 1.90 bits per heavy atom. The van der Waals surface area contributed by atoms with Crippen LogP contribution in [-0.4, -0.2) is 47.1 Å². The topological polar surface area (TPSA) is 62.5 Å². The van der Waals surface area contributed by atoms with Gasteiger partial charge in [0.25, 0.3) is 11.8 Å². The first kappa shape index (κ1) is 13.6. The Morgan fingerprint density at radius 1 is 1.19 bits per heavy atom. The second-order valence-electron chi connectivity index (χ2n) is 4.99. The van der Waals surface area contributed by atoms with Gasteiger partial charge in [0.1, 0.15) is 0 Å². The van der Waals surface area contributed by atoms with Gasteiger partial charge < -0.3 is 14.3 Å². The maximum atomic E-state index is 11.7. The van der Waals surface area contributed by atoms with E-state index in [4.69, 9.17) is 4.52 Å². The van der Waals surface area contributed by atoms with Crippen molar-refractivity contribution in [2.45, 2.75) is 13.3 Å². The van der Waals surface area contributed by atoms with Gasteiger partial charge in [-0.3, -0.25) is 4.79 Å². The molecule has 1 aliphatic heterocycles. The summed E-state index contributed by atoms with van der Waals surface area (Å²) in [6, 6.07) is 9.71. The molecule has 2 heterocycles. The molecule has 0 unspecified atom stereocenters. The van der Waals surface area contributed by atoms with Crippen LogP contribution in [0.25, 0.3) is 11.5 Å². The summed E-state index contributed by atoms with van der Waals surface area (Å²) in [4.78, 5) is 20.0. The van der Waals surface area contributed by atoms with Gasteiger partial charge in [-0.2, -0.15) is 4.98 Å². The first-order chi connectivity index (χ1) is 10.3. The molecule has 2 aromatic rings. The molecule has 1 saturated heterocycles. The molecule has 21 heavy (non-hydrogen) atoms. The van der Waals surface area contributed by atoms with E-state index in [2.05, 4.69) is 15.0 Å². The second kappa shape index (κ2) is 5.95. The lowest BCUT2D eigenvalue weighted by Gasteiger charge is -2.33. The summed E-state index contributed by atoms with van der Waals surface area (Å²) in [6.45, 7) is 4.78. The van der Waals surface area contributed by atoms with Gasteiger partial charge in [0, 0.05) is 38.2 Å². The molecular formula is C15H18N4O2. The molecule has 0 N–H and O–H groups in total. The highest BCUT2D eigenvalue weighted by atomic mass is 16.5. The summed E-state index contributed by atoms with van der Waals surface area (Å²) in [5.41, 5.74) is 0.913. The minimum atomic E-state index is 0.202. The zero-order valence-electron chi connectivity index (χ0n) is 12.0. The van der Waals surface area contributed by atoms with Crippen molar-refractivity contribution in [3.05, 3.63) is 30.3 Å².